The SMILES string of the molecule is C=Cc1cc(C(F)(F)F)ccc1N=C. The van der Waals surface area contributed by atoms with Gasteiger partial charge in [-0.15, -0.1) is 0 Å². The topological polar surface area (TPSA) is 12.4 Å². The lowest BCUT2D eigenvalue weighted by Crippen LogP contribution is -2.04. The lowest BCUT2D eigenvalue weighted by Gasteiger charge is -2.08. The van der Waals surface area contributed by atoms with Crippen LogP contribution in [0.1, 0.15) is 11.1 Å². The van der Waals surface area contributed by atoms with Gasteiger partial charge in [-0.05, 0) is 24.9 Å². The molecule has 0 radical (unpaired) electrons. The van der Waals surface area contributed by atoms with Crippen LogP contribution in [-0.4, -0.2) is 6.72 Å². The Balaban J connectivity index is 3.27. The molecule has 1 nitrogen and oxygen atoms in total. The van der Waals surface area contributed by atoms with Gasteiger partial charge in [-0.2, -0.15) is 13.2 Å². The molecule has 0 bridgehead atoms. The summed E-state index contributed by atoms with van der Waals surface area (Å²) in [6, 6.07) is 3.24. The number of benzene rings is 1. The van der Waals surface area contributed by atoms with Crippen LogP contribution in [-0.2, 0) is 6.18 Å². The highest BCUT2D eigenvalue weighted by molar-refractivity contribution is 5.65. The van der Waals surface area contributed by atoms with Crippen molar-refractivity contribution in [2.45, 2.75) is 6.18 Å². The first kappa shape index (κ1) is 10.5. The van der Waals surface area contributed by atoms with Crippen molar-refractivity contribution in [3.05, 3.63) is 35.9 Å². The van der Waals surface area contributed by atoms with E-state index in [0.717, 1.165) is 12.1 Å². The number of rotatable bonds is 2. The molecular weight excluding hydrogens is 191 g/mol. The number of aliphatic imine (C=N–C) groups is 1. The summed E-state index contributed by atoms with van der Waals surface area (Å²) in [5, 5.41) is 0. The molecule has 0 fully saturated rings. The highest BCUT2D eigenvalue weighted by Gasteiger charge is 2.30. The lowest BCUT2D eigenvalue weighted by atomic mass is 10.1. The Kier molecular flexibility index (Phi) is 2.74. The lowest BCUT2D eigenvalue weighted by molar-refractivity contribution is -0.137. The van der Waals surface area contributed by atoms with Crippen LogP contribution in [0.3, 0.4) is 0 Å². The minimum absolute atomic E-state index is 0.329. The Bertz CT molecular complexity index is 366. The fourth-order valence-corrected chi connectivity index (χ4v) is 1.04. The van der Waals surface area contributed by atoms with E-state index in [0.29, 0.717) is 11.3 Å². The van der Waals surface area contributed by atoms with Crippen molar-refractivity contribution in [3.63, 3.8) is 0 Å². The van der Waals surface area contributed by atoms with Crippen molar-refractivity contribution >= 4 is 18.5 Å². The molecule has 0 saturated heterocycles. The second-order valence-corrected chi connectivity index (χ2v) is 2.63. The standard InChI is InChI=1S/C10H8F3N/c1-3-7-6-8(10(11,12)13)4-5-9(7)14-2/h3-6H,1-2H2. The van der Waals surface area contributed by atoms with Crippen LogP contribution in [0.4, 0.5) is 18.9 Å². The molecule has 1 rings (SSSR count). The van der Waals surface area contributed by atoms with E-state index in [1.807, 2.05) is 0 Å². The molecule has 0 aromatic heterocycles. The van der Waals surface area contributed by atoms with Crippen molar-refractivity contribution in [3.8, 4) is 0 Å². The van der Waals surface area contributed by atoms with E-state index in [2.05, 4.69) is 18.3 Å². The van der Waals surface area contributed by atoms with Crippen LogP contribution in [0, 0.1) is 0 Å². The van der Waals surface area contributed by atoms with Gasteiger partial charge in [-0.1, -0.05) is 12.7 Å². The van der Waals surface area contributed by atoms with Gasteiger partial charge in [0, 0.05) is 5.56 Å². The van der Waals surface area contributed by atoms with Crippen LogP contribution in [0.15, 0.2) is 29.8 Å². The molecule has 1 aromatic carbocycles. The molecule has 4 heteroatoms. The summed E-state index contributed by atoms with van der Waals surface area (Å²) in [5.74, 6) is 0. The van der Waals surface area contributed by atoms with Crippen molar-refractivity contribution in [2.75, 3.05) is 0 Å². The van der Waals surface area contributed by atoms with Crippen molar-refractivity contribution in [1.29, 1.82) is 0 Å². The zero-order chi connectivity index (χ0) is 10.8. The summed E-state index contributed by atoms with van der Waals surface area (Å²) in [7, 11) is 0. The molecule has 0 unspecified atom stereocenters. The molecule has 0 saturated carbocycles. The quantitative estimate of drug-likeness (QED) is 0.644. The summed E-state index contributed by atoms with van der Waals surface area (Å²) in [4.78, 5) is 3.58. The van der Waals surface area contributed by atoms with Gasteiger partial charge in [-0.25, -0.2) is 0 Å². The zero-order valence-corrected chi connectivity index (χ0v) is 7.30. The van der Waals surface area contributed by atoms with E-state index in [-0.39, 0.29) is 0 Å². The van der Waals surface area contributed by atoms with E-state index < -0.39 is 11.7 Å². The largest absolute Gasteiger partial charge is 0.416 e. The maximum Gasteiger partial charge on any atom is 0.416 e. The molecule has 0 aliphatic carbocycles. The predicted molar refractivity (Wildman–Crippen MR) is 50.7 cm³/mol. The minimum atomic E-state index is -4.34. The van der Waals surface area contributed by atoms with Crippen molar-refractivity contribution in [1.82, 2.24) is 0 Å². The van der Waals surface area contributed by atoms with Crippen molar-refractivity contribution < 1.29 is 13.2 Å². The van der Waals surface area contributed by atoms with Gasteiger partial charge in [0.05, 0.1) is 11.3 Å². The van der Waals surface area contributed by atoms with Gasteiger partial charge >= 0.3 is 6.18 Å². The summed E-state index contributed by atoms with van der Waals surface area (Å²) in [6.07, 6.45) is -3.02. The fourth-order valence-electron chi connectivity index (χ4n) is 1.04. The van der Waals surface area contributed by atoms with Crippen molar-refractivity contribution in [2.24, 2.45) is 4.99 Å². The summed E-state index contributed by atoms with van der Waals surface area (Å²) in [6.45, 7) is 6.66. The van der Waals surface area contributed by atoms with E-state index in [4.69, 9.17) is 0 Å². The average molecular weight is 199 g/mol. The third-order valence-electron chi connectivity index (χ3n) is 1.75. The van der Waals surface area contributed by atoms with Gasteiger partial charge in [0.2, 0.25) is 0 Å². The van der Waals surface area contributed by atoms with E-state index in [9.17, 15) is 13.2 Å². The monoisotopic (exact) mass is 199 g/mol. The molecule has 0 amide bonds. The first-order valence-electron chi connectivity index (χ1n) is 3.79. The Morgan fingerprint density at radius 2 is 1.93 bits per heavy atom. The van der Waals surface area contributed by atoms with Crippen LogP contribution in [0.2, 0.25) is 0 Å². The normalized spacial score (nSPS) is 11.1. The number of nitrogens with zero attached hydrogens (tertiary/aromatic N) is 1. The molecule has 14 heavy (non-hydrogen) atoms. The molecule has 1 aromatic rings. The first-order chi connectivity index (χ1) is 6.49. The van der Waals surface area contributed by atoms with E-state index in [1.54, 1.807) is 0 Å². The van der Waals surface area contributed by atoms with Crippen LogP contribution >= 0.6 is 0 Å². The third-order valence-corrected chi connectivity index (χ3v) is 1.75. The molecule has 0 heterocycles. The molecule has 0 spiro atoms. The molecule has 74 valence electrons. The van der Waals surface area contributed by atoms with Crippen LogP contribution in [0.5, 0.6) is 0 Å². The Morgan fingerprint density at radius 1 is 1.29 bits per heavy atom. The zero-order valence-electron chi connectivity index (χ0n) is 7.30. The van der Waals surface area contributed by atoms with Gasteiger partial charge in [0.25, 0.3) is 0 Å². The summed E-state index contributed by atoms with van der Waals surface area (Å²) >= 11 is 0. The maximum absolute atomic E-state index is 12.3. The average Bonchev–Trinajstić information content (AvgIpc) is 2.15. The fraction of sp³-hybridized carbons (Fsp3) is 0.100. The van der Waals surface area contributed by atoms with Gasteiger partial charge in [-0.3, -0.25) is 4.99 Å². The molecule has 0 aliphatic heterocycles. The number of alkyl halides is 3. The van der Waals surface area contributed by atoms with Crippen LogP contribution < -0.4 is 0 Å². The Hall–Kier alpha value is -1.58. The van der Waals surface area contributed by atoms with Gasteiger partial charge in [0.15, 0.2) is 0 Å². The molecule has 0 aliphatic rings. The highest BCUT2D eigenvalue weighted by Crippen LogP contribution is 2.32. The number of hydrogen-bond donors (Lipinski definition) is 0. The molecule has 0 atom stereocenters. The minimum Gasteiger partial charge on any atom is -0.264 e. The molecule has 0 N–H and O–H groups in total. The maximum atomic E-state index is 12.3. The first-order valence-corrected chi connectivity index (χ1v) is 3.79. The highest BCUT2D eigenvalue weighted by atomic mass is 19.4. The number of hydrogen-bond acceptors (Lipinski definition) is 1. The molecular formula is C10H8F3N. The van der Waals surface area contributed by atoms with Gasteiger partial charge < -0.3 is 0 Å². The van der Waals surface area contributed by atoms with E-state index in [1.165, 1.54) is 12.1 Å². The van der Waals surface area contributed by atoms with Gasteiger partial charge in [0.1, 0.15) is 0 Å². The summed E-state index contributed by atoms with van der Waals surface area (Å²) in [5.41, 5.74) is 0.0163. The van der Waals surface area contributed by atoms with Crippen LogP contribution in [0.25, 0.3) is 6.08 Å². The summed E-state index contributed by atoms with van der Waals surface area (Å²) < 4.78 is 36.8. The van der Waals surface area contributed by atoms with E-state index >= 15 is 0 Å². The Morgan fingerprint density at radius 3 is 2.36 bits per heavy atom. The second-order valence-electron chi connectivity index (χ2n) is 2.63. The second kappa shape index (κ2) is 3.65. The smallest absolute Gasteiger partial charge is 0.264 e. The predicted octanol–water partition coefficient (Wildman–Crippen LogP) is 3.68. The number of halogens is 3. The third kappa shape index (κ3) is 2.02. The Labute approximate surface area is 79.6 Å².